The Hall–Kier alpha value is -1.44. The number of ketones is 1. The Morgan fingerprint density at radius 3 is 2.00 bits per heavy atom. The Labute approximate surface area is 220 Å². The lowest BCUT2D eigenvalue weighted by atomic mass is 9.26. The zero-order chi connectivity index (χ0) is 26.6. The van der Waals surface area contributed by atoms with E-state index < -0.39 is 0 Å². The van der Waals surface area contributed by atoms with Gasteiger partial charge < -0.3 is 4.79 Å². The normalized spacial score (nSPS) is 53.3. The topological polar surface area (TPSA) is 34.1 Å². The molecule has 0 spiro atoms. The van der Waals surface area contributed by atoms with Crippen LogP contribution in [0.4, 0.5) is 0 Å². The van der Waals surface area contributed by atoms with Gasteiger partial charge in [0.25, 0.3) is 0 Å². The molecule has 9 atom stereocenters. The Balaban J connectivity index is 1.70. The van der Waals surface area contributed by atoms with Crippen LogP contribution >= 0.6 is 0 Å². The zero-order valence-electron chi connectivity index (χ0n) is 24.0. The van der Waals surface area contributed by atoms with Crippen LogP contribution in [0.15, 0.2) is 37.5 Å². The van der Waals surface area contributed by atoms with Crippen LogP contribution in [0.3, 0.4) is 0 Å². The van der Waals surface area contributed by atoms with Crippen molar-refractivity contribution in [2.24, 2.45) is 55.7 Å². The quantitative estimate of drug-likeness (QED) is 0.292. The molecule has 4 unspecified atom stereocenters. The smallest absolute Gasteiger partial charge is 0.138 e. The van der Waals surface area contributed by atoms with Crippen LogP contribution in [0, 0.1) is 55.7 Å². The van der Waals surface area contributed by atoms with Crippen molar-refractivity contribution in [3.63, 3.8) is 0 Å². The van der Waals surface area contributed by atoms with Crippen molar-refractivity contribution < 1.29 is 9.59 Å². The van der Waals surface area contributed by atoms with Crippen molar-refractivity contribution in [2.45, 2.75) is 106 Å². The summed E-state index contributed by atoms with van der Waals surface area (Å²) in [5.74, 6) is 1.64. The molecule has 5 fully saturated rings. The lowest BCUT2D eigenvalue weighted by Crippen LogP contribution is -2.72. The molecule has 5 saturated carbocycles. The van der Waals surface area contributed by atoms with Crippen LogP contribution in [0.25, 0.3) is 0 Å². The van der Waals surface area contributed by atoms with Crippen LogP contribution in [-0.4, -0.2) is 12.1 Å². The van der Waals surface area contributed by atoms with E-state index in [2.05, 4.69) is 73.4 Å². The minimum absolute atomic E-state index is 0.00801. The molecule has 0 amide bonds. The summed E-state index contributed by atoms with van der Waals surface area (Å²) in [4.78, 5) is 26.1. The summed E-state index contributed by atoms with van der Waals surface area (Å²) in [6.07, 6.45) is 16.1. The Bertz CT molecular complexity index is 1040. The van der Waals surface area contributed by atoms with Crippen LogP contribution in [0.5, 0.6) is 0 Å². The lowest BCUT2D eigenvalue weighted by Gasteiger charge is -2.77. The van der Waals surface area contributed by atoms with Crippen molar-refractivity contribution >= 4 is 12.1 Å². The SMILES string of the molecule is C=C[C@]12CC[C@@]3(C)C(CCC4(C=O)CCC(C(=C)C)[C@@]43C=C)[C@]1(C)CCC1C(C)(C)C(=O)CC[C@@]12C. The molecule has 2 nitrogen and oxygen atoms in total. The van der Waals surface area contributed by atoms with E-state index in [1.807, 2.05) is 0 Å². The van der Waals surface area contributed by atoms with Gasteiger partial charge in [-0.05, 0) is 104 Å². The molecular formula is C34H50O2. The summed E-state index contributed by atoms with van der Waals surface area (Å²) in [6.45, 7) is 27.7. The van der Waals surface area contributed by atoms with Crippen LogP contribution < -0.4 is 0 Å². The van der Waals surface area contributed by atoms with E-state index in [-0.39, 0.29) is 37.9 Å². The third-order valence-corrected chi connectivity index (χ3v) is 14.4. The van der Waals surface area contributed by atoms with Crippen molar-refractivity contribution in [2.75, 3.05) is 0 Å². The monoisotopic (exact) mass is 490 g/mol. The molecule has 0 N–H and O–H groups in total. The fraction of sp³-hybridized carbons (Fsp3) is 0.765. The molecule has 0 aliphatic heterocycles. The molecule has 0 aromatic rings. The highest BCUT2D eigenvalue weighted by Gasteiger charge is 2.78. The van der Waals surface area contributed by atoms with E-state index in [9.17, 15) is 9.59 Å². The van der Waals surface area contributed by atoms with Crippen LogP contribution in [-0.2, 0) is 9.59 Å². The van der Waals surface area contributed by atoms with Gasteiger partial charge in [-0.15, -0.1) is 13.2 Å². The second-order valence-electron chi connectivity index (χ2n) is 15.0. The van der Waals surface area contributed by atoms with E-state index in [1.54, 1.807) is 0 Å². The summed E-state index contributed by atoms with van der Waals surface area (Å²) in [6, 6.07) is 0. The van der Waals surface area contributed by atoms with Crippen molar-refractivity contribution in [1.29, 1.82) is 0 Å². The minimum atomic E-state index is -0.325. The number of aldehydes is 1. The van der Waals surface area contributed by atoms with E-state index in [0.717, 1.165) is 57.8 Å². The lowest BCUT2D eigenvalue weighted by molar-refractivity contribution is -0.266. The standard InChI is InChI=1S/C34H50O2/c1-10-33-21-20-31(9)26(14-19-32(22-35)18-12-24(23(3)4)34(31,32)11-2)30(33,8)16-13-25-28(5,6)27(36)15-17-29(25,33)7/h10-11,22,24-26H,1-3,12-21H2,4-9H3/t24?,25?,26?,29-,30-,31-,32?,33+,34+/m0/s1. The fourth-order valence-corrected chi connectivity index (χ4v) is 12.8. The Kier molecular flexibility index (Phi) is 5.50. The van der Waals surface area contributed by atoms with Gasteiger partial charge in [0.15, 0.2) is 0 Å². The number of fused-ring (bicyclic) bond motifs is 7. The predicted octanol–water partition coefficient (Wildman–Crippen LogP) is 8.52. The number of allylic oxidation sites excluding steroid dienone is 3. The highest BCUT2D eigenvalue weighted by Crippen LogP contribution is 2.83. The fourth-order valence-electron chi connectivity index (χ4n) is 12.8. The summed E-state index contributed by atoms with van der Waals surface area (Å²) in [7, 11) is 0. The molecule has 0 bridgehead atoms. The molecule has 0 aromatic carbocycles. The van der Waals surface area contributed by atoms with Gasteiger partial charge in [-0.3, -0.25) is 4.79 Å². The summed E-state index contributed by atoms with van der Waals surface area (Å²) >= 11 is 0. The largest absolute Gasteiger partial charge is 0.303 e. The second kappa shape index (κ2) is 7.57. The minimum Gasteiger partial charge on any atom is -0.303 e. The van der Waals surface area contributed by atoms with Gasteiger partial charge in [0, 0.05) is 22.7 Å². The molecule has 0 saturated heterocycles. The molecule has 0 radical (unpaired) electrons. The highest BCUT2D eigenvalue weighted by molar-refractivity contribution is 5.85. The highest BCUT2D eigenvalue weighted by atomic mass is 16.1. The number of Topliss-reactive ketones (excluding diaryl/α,β-unsaturated/α-hetero) is 1. The molecule has 5 aliphatic rings. The van der Waals surface area contributed by atoms with E-state index >= 15 is 0 Å². The number of carbonyl (C=O) groups excluding carboxylic acids is 2. The molecule has 198 valence electrons. The zero-order valence-corrected chi connectivity index (χ0v) is 24.0. The molecule has 0 aromatic heterocycles. The van der Waals surface area contributed by atoms with Gasteiger partial charge in [0.1, 0.15) is 12.1 Å². The van der Waals surface area contributed by atoms with E-state index in [4.69, 9.17) is 0 Å². The Morgan fingerprint density at radius 2 is 1.42 bits per heavy atom. The molecule has 0 heterocycles. The maximum atomic E-state index is 13.1. The number of carbonyl (C=O) groups is 2. The van der Waals surface area contributed by atoms with Crippen molar-refractivity contribution in [3.8, 4) is 0 Å². The van der Waals surface area contributed by atoms with Gasteiger partial charge in [0.2, 0.25) is 0 Å². The third-order valence-electron chi connectivity index (χ3n) is 14.4. The molecule has 5 aliphatic carbocycles. The molecule has 2 heteroatoms. The van der Waals surface area contributed by atoms with Gasteiger partial charge >= 0.3 is 0 Å². The van der Waals surface area contributed by atoms with Crippen LogP contribution in [0.2, 0.25) is 0 Å². The van der Waals surface area contributed by atoms with Gasteiger partial charge in [-0.2, -0.15) is 0 Å². The first-order chi connectivity index (χ1) is 16.7. The van der Waals surface area contributed by atoms with Crippen molar-refractivity contribution in [3.05, 3.63) is 37.5 Å². The first-order valence-corrected chi connectivity index (χ1v) is 14.7. The maximum Gasteiger partial charge on any atom is 0.138 e. The average Bonchev–Trinajstić information content (AvgIpc) is 3.19. The first kappa shape index (κ1) is 26.2. The second-order valence-corrected chi connectivity index (χ2v) is 15.0. The number of rotatable bonds is 4. The maximum absolute atomic E-state index is 13.1. The molecule has 5 rings (SSSR count). The molecular weight excluding hydrogens is 440 g/mol. The van der Waals surface area contributed by atoms with Crippen molar-refractivity contribution in [1.82, 2.24) is 0 Å². The number of hydrogen-bond donors (Lipinski definition) is 0. The van der Waals surface area contributed by atoms with E-state index in [0.29, 0.717) is 30.0 Å². The summed E-state index contributed by atoms with van der Waals surface area (Å²) < 4.78 is 0. The first-order valence-electron chi connectivity index (χ1n) is 14.7. The van der Waals surface area contributed by atoms with Gasteiger partial charge in [-0.1, -0.05) is 58.9 Å². The van der Waals surface area contributed by atoms with Gasteiger partial charge in [0.05, 0.1) is 0 Å². The molecule has 36 heavy (non-hydrogen) atoms. The van der Waals surface area contributed by atoms with Crippen LogP contribution in [0.1, 0.15) is 106 Å². The Morgan fingerprint density at radius 1 is 0.806 bits per heavy atom. The number of hydrogen-bond acceptors (Lipinski definition) is 2. The third kappa shape index (κ3) is 2.47. The predicted molar refractivity (Wildman–Crippen MR) is 148 cm³/mol. The average molecular weight is 491 g/mol. The van der Waals surface area contributed by atoms with Gasteiger partial charge in [-0.25, -0.2) is 0 Å². The summed E-state index contributed by atoms with van der Waals surface area (Å²) in [5, 5.41) is 0. The summed E-state index contributed by atoms with van der Waals surface area (Å²) in [5.41, 5.74) is 0.491. The van der Waals surface area contributed by atoms with E-state index in [1.165, 1.54) is 11.9 Å².